The molecule has 0 aliphatic carbocycles. The maximum Gasteiger partial charge on any atom is 0.494 e. The van der Waals surface area contributed by atoms with Crippen LogP contribution in [0.5, 0.6) is 0 Å². The Kier molecular flexibility index (Phi) is 4.56. The van der Waals surface area contributed by atoms with Gasteiger partial charge in [-0.25, -0.2) is 12.8 Å². The van der Waals surface area contributed by atoms with Crippen LogP contribution in [0.3, 0.4) is 0 Å². The van der Waals surface area contributed by atoms with Crippen LogP contribution in [0, 0.1) is 5.82 Å². The molecule has 0 aromatic heterocycles. The molecule has 1 aliphatic heterocycles. The average Bonchev–Trinajstić information content (AvgIpc) is 2.60. The van der Waals surface area contributed by atoms with Crippen molar-refractivity contribution in [2.45, 2.75) is 58.0 Å². The third-order valence-electron chi connectivity index (χ3n) is 4.39. The van der Waals surface area contributed by atoms with E-state index in [0.29, 0.717) is 5.46 Å². The Morgan fingerprint density at radius 2 is 1.65 bits per heavy atom. The summed E-state index contributed by atoms with van der Waals surface area (Å²) in [6, 6.07) is 4.22. The molecular weight excluding hydrogens is 320 g/mol. The summed E-state index contributed by atoms with van der Waals surface area (Å²) in [7, 11) is -4.28. The van der Waals surface area contributed by atoms with Gasteiger partial charge in [0, 0.05) is 0 Å². The van der Waals surface area contributed by atoms with E-state index >= 15 is 0 Å². The first-order valence-corrected chi connectivity index (χ1v) is 9.07. The first-order chi connectivity index (χ1) is 10.4. The van der Waals surface area contributed by atoms with E-state index in [0.717, 1.165) is 0 Å². The van der Waals surface area contributed by atoms with Crippen LogP contribution in [0.1, 0.15) is 41.5 Å². The fraction of sp³-hybridized carbons (Fsp3) is 0.600. The number of hydrogen-bond donors (Lipinski definition) is 1. The van der Waals surface area contributed by atoms with E-state index in [2.05, 4.69) is 4.72 Å². The van der Waals surface area contributed by atoms with E-state index in [1.807, 2.05) is 27.7 Å². The molecule has 0 amide bonds. The zero-order chi connectivity index (χ0) is 17.6. The summed E-state index contributed by atoms with van der Waals surface area (Å²) in [4.78, 5) is 0. The maximum absolute atomic E-state index is 14.2. The Balaban J connectivity index is 2.25. The van der Waals surface area contributed by atoms with Crippen molar-refractivity contribution < 1.29 is 22.1 Å². The van der Waals surface area contributed by atoms with Crippen LogP contribution in [0.2, 0.25) is 0 Å². The highest BCUT2D eigenvalue weighted by molar-refractivity contribution is 7.93. The van der Waals surface area contributed by atoms with Crippen LogP contribution in [0.15, 0.2) is 18.2 Å². The van der Waals surface area contributed by atoms with Crippen molar-refractivity contribution in [3.8, 4) is 0 Å². The summed E-state index contributed by atoms with van der Waals surface area (Å²) in [5.74, 6) is -0.665. The fourth-order valence-corrected chi connectivity index (χ4v) is 2.72. The van der Waals surface area contributed by atoms with Gasteiger partial charge in [0.05, 0.1) is 22.1 Å². The number of benzene rings is 1. The minimum Gasteiger partial charge on any atom is -0.399 e. The van der Waals surface area contributed by atoms with Gasteiger partial charge < -0.3 is 9.31 Å². The van der Waals surface area contributed by atoms with Crippen LogP contribution in [-0.4, -0.2) is 32.0 Å². The van der Waals surface area contributed by atoms with Crippen molar-refractivity contribution >= 4 is 28.3 Å². The Bertz CT molecular complexity index is 687. The van der Waals surface area contributed by atoms with Gasteiger partial charge in [0.15, 0.2) is 0 Å². The molecule has 1 aliphatic rings. The molecule has 1 fully saturated rings. The lowest BCUT2D eigenvalue weighted by molar-refractivity contribution is 0.00578. The van der Waals surface area contributed by atoms with Crippen LogP contribution in [0.4, 0.5) is 10.1 Å². The highest BCUT2D eigenvalue weighted by atomic mass is 32.2. The molecule has 23 heavy (non-hydrogen) atoms. The molecule has 0 spiro atoms. The minimum absolute atomic E-state index is 0.0843. The summed E-state index contributed by atoms with van der Waals surface area (Å²) >= 11 is 0. The lowest BCUT2D eigenvalue weighted by atomic mass is 9.79. The molecule has 1 heterocycles. The van der Waals surface area contributed by atoms with Gasteiger partial charge in [0.2, 0.25) is 10.0 Å². The van der Waals surface area contributed by atoms with E-state index in [9.17, 15) is 12.8 Å². The second-order valence-corrected chi connectivity index (χ2v) is 9.26. The Labute approximate surface area is 137 Å². The molecule has 128 valence electrons. The molecule has 0 bridgehead atoms. The van der Waals surface area contributed by atoms with Crippen molar-refractivity contribution in [3.63, 3.8) is 0 Å². The molecule has 0 radical (unpaired) electrons. The molecule has 5 nitrogen and oxygen atoms in total. The van der Waals surface area contributed by atoms with Gasteiger partial charge in [-0.2, -0.15) is 0 Å². The second kappa shape index (κ2) is 5.75. The monoisotopic (exact) mass is 343 g/mol. The Morgan fingerprint density at radius 3 is 2.09 bits per heavy atom. The van der Waals surface area contributed by atoms with Gasteiger partial charge in [-0.15, -0.1) is 0 Å². The molecule has 0 saturated carbocycles. The normalized spacial score (nSPS) is 20.1. The van der Waals surface area contributed by atoms with Crippen LogP contribution in [-0.2, 0) is 19.3 Å². The lowest BCUT2D eigenvalue weighted by Crippen LogP contribution is -2.41. The summed E-state index contributed by atoms with van der Waals surface area (Å²) in [5.41, 5.74) is -0.620. The first-order valence-electron chi connectivity index (χ1n) is 7.52. The second-order valence-electron chi connectivity index (χ2n) is 7.02. The van der Waals surface area contributed by atoms with E-state index in [-0.39, 0.29) is 5.69 Å². The number of rotatable bonds is 4. The maximum atomic E-state index is 14.2. The zero-order valence-corrected chi connectivity index (χ0v) is 15.1. The van der Waals surface area contributed by atoms with Crippen molar-refractivity contribution in [1.29, 1.82) is 0 Å². The average molecular weight is 343 g/mol. The quantitative estimate of drug-likeness (QED) is 0.852. The molecule has 1 aromatic rings. The van der Waals surface area contributed by atoms with E-state index in [1.54, 1.807) is 6.07 Å². The van der Waals surface area contributed by atoms with Crippen molar-refractivity contribution in [2.24, 2.45) is 0 Å². The zero-order valence-electron chi connectivity index (χ0n) is 14.3. The molecule has 1 saturated heterocycles. The number of anilines is 1. The number of halogens is 1. The predicted octanol–water partition coefficient (Wildman–Crippen LogP) is 2.27. The molecule has 8 heteroatoms. The van der Waals surface area contributed by atoms with E-state index in [4.69, 9.17) is 9.31 Å². The van der Waals surface area contributed by atoms with Crippen LogP contribution >= 0.6 is 0 Å². The Hall–Kier alpha value is -1.12. The van der Waals surface area contributed by atoms with Crippen LogP contribution < -0.4 is 10.2 Å². The van der Waals surface area contributed by atoms with Gasteiger partial charge in [0.25, 0.3) is 0 Å². The number of hydrogen-bond acceptors (Lipinski definition) is 4. The molecule has 1 aromatic carbocycles. The minimum atomic E-state index is -3.60. The lowest BCUT2D eigenvalue weighted by Gasteiger charge is -2.32. The van der Waals surface area contributed by atoms with Gasteiger partial charge in [0.1, 0.15) is 5.82 Å². The van der Waals surface area contributed by atoms with Gasteiger partial charge in [-0.05, 0) is 59.1 Å². The summed E-state index contributed by atoms with van der Waals surface area (Å²) in [6.45, 7) is 10.7. The van der Waals surface area contributed by atoms with Crippen molar-refractivity contribution in [2.75, 3.05) is 4.72 Å². The fourth-order valence-electron chi connectivity index (χ4n) is 2.01. The van der Waals surface area contributed by atoms with Gasteiger partial charge in [-0.1, -0.05) is 6.07 Å². The SMILES string of the molecule is CC(C)S(=O)(=O)Nc1ccc(B2OC(C)(C)C(C)(C)O2)cc1F. The van der Waals surface area contributed by atoms with Gasteiger partial charge in [-0.3, -0.25) is 4.72 Å². The largest absolute Gasteiger partial charge is 0.494 e. The standard InChI is InChI=1S/C15H23BFNO4S/c1-10(2)23(19,20)18-13-8-7-11(9-12(13)17)16-21-14(3,4)15(5,6)22-16/h7-10,18H,1-6H3. The summed E-state index contributed by atoms with van der Waals surface area (Å²) in [5, 5.41) is -0.648. The summed E-state index contributed by atoms with van der Waals surface area (Å²) in [6.07, 6.45) is 0. The highest BCUT2D eigenvalue weighted by Crippen LogP contribution is 2.36. The van der Waals surface area contributed by atoms with Crippen molar-refractivity contribution in [3.05, 3.63) is 24.0 Å². The summed E-state index contributed by atoms with van der Waals surface area (Å²) < 4.78 is 51.9. The third kappa shape index (κ3) is 3.54. The predicted molar refractivity (Wildman–Crippen MR) is 89.8 cm³/mol. The molecule has 1 N–H and O–H groups in total. The topological polar surface area (TPSA) is 64.6 Å². The molecular formula is C15H23BFNO4S. The number of sulfonamides is 1. The van der Waals surface area contributed by atoms with Crippen LogP contribution in [0.25, 0.3) is 0 Å². The Morgan fingerprint density at radius 1 is 1.13 bits per heavy atom. The molecule has 0 atom stereocenters. The van der Waals surface area contributed by atoms with E-state index < -0.39 is 39.4 Å². The van der Waals surface area contributed by atoms with Gasteiger partial charge >= 0.3 is 7.12 Å². The van der Waals surface area contributed by atoms with E-state index in [1.165, 1.54) is 26.0 Å². The molecule has 2 rings (SSSR count). The third-order valence-corrected chi connectivity index (χ3v) is 6.14. The van der Waals surface area contributed by atoms with Crippen molar-refractivity contribution in [1.82, 2.24) is 0 Å². The smallest absolute Gasteiger partial charge is 0.399 e. The highest BCUT2D eigenvalue weighted by Gasteiger charge is 2.51. The number of nitrogens with one attached hydrogen (secondary N) is 1. The first kappa shape index (κ1) is 18.2. The molecule has 0 unspecified atom stereocenters.